The molecule has 0 aromatic heterocycles. The average Bonchev–Trinajstić information content (AvgIpc) is 2.09. The summed E-state index contributed by atoms with van der Waals surface area (Å²) in [6, 6.07) is 2.58. The Kier molecular flexibility index (Phi) is 3.03. The highest BCUT2D eigenvalue weighted by Crippen LogP contribution is 2.22. The van der Waals surface area contributed by atoms with Gasteiger partial charge in [-0.05, 0) is 17.7 Å². The molecule has 0 spiro atoms. The van der Waals surface area contributed by atoms with E-state index in [0.29, 0.717) is 10.9 Å². The van der Waals surface area contributed by atoms with Crippen molar-refractivity contribution in [3.8, 4) is 5.75 Å². The van der Waals surface area contributed by atoms with Crippen LogP contribution < -0.4 is 4.74 Å². The molecule has 1 nitrogen and oxygen atoms in total. The lowest BCUT2D eigenvalue weighted by molar-refractivity contribution is 0.371. The zero-order valence-electron chi connectivity index (χ0n) is 6.40. The van der Waals surface area contributed by atoms with E-state index in [1.807, 2.05) is 0 Å². The highest BCUT2D eigenvalue weighted by molar-refractivity contribution is 9.08. The number of methoxy groups -OCH3 is 1. The Bertz CT molecular complexity index is 289. The summed E-state index contributed by atoms with van der Waals surface area (Å²) in [5, 5.41) is 0.473. The van der Waals surface area contributed by atoms with Crippen LogP contribution >= 0.6 is 15.9 Å². The standard InChI is InChI=1S/C8H7BrF2O/c1-12-7-3-5(4-9)2-6(10)8(7)11/h2-3H,4H2,1H3. The Hall–Kier alpha value is -0.640. The van der Waals surface area contributed by atoms with E-state index < -0.39 is 11.6 Å². The van der Waals surface area contributed by atoms with E-state index >= 15 is 0 Å². The summed E-state index contributed by atoms with van der Waals surface area (Å²) in [7, 11) is 1.30. The molecule has 0 aliphatic carbocycles. The second kappa shape index (κ2) is 3.85. The molecule has 0 radical (unpaired) electrons. The molecular weight excluding hydrogens is 230 g/mol. The van der Waals surface area contributed by atoms with Gasteiger partial charge in [-0.2, -0.15) is 4.39 Å². The second-order valence-electron chi connectivity index (χ2n) is 2.23. The monoisotopic (exact) mass is 236 g/mol. The van der Waals surface area contributed by atoms with Gasteiger partial charge in [-0.1, -0.05) is 15.9 Å². The van der Waals surface area contributed by atoms with Crippen LogP contribution in [-0.4, -0.2) is 7.11 Å². The molecule has 0 N–H and O–H groups in total. The zero-order chi connectivity index (χ0) is 9.14. The maximum atomic E-state index is 12.8. The van der Waals surface area contributed by atoms with Gasteiger partial charge in [-0.15, -0.1) is 0 Å². The van der Waals surface area contributed by atoms with Gasteiger partial charge in [0.2, 0.25) is 5.82 Å². The minimum Gasteiger partial charge on any atom is -0.494 e. The molecule has 0 aliphatic heterocycles. The molecule has 0 heterocycles. The number of rotatable bonds is 2. The fourth-order valence-electron chi connectivity index (χ4n) is 0.843. The Morgan fingerprint density at radius 2 is 2.08 bits per heavy atom. The van der Waals surface area contributed by atoms with Gasteiger partial charge in [0.1, 0.15) is 0 Å². The topological polar surface area (TPSA) is 9.23 Å². The smallest absolute Gasteiger partial charge is 0.200 e. The third-order valence-electron chi connectivity index (χ3n) is 1.43. The Labute approximate surface area is 77.5 Å². The molecule has 0 bridgehead atoms. The summed E-state index contributed by atoms with van der Waals surface area (Å²) in [5.41, 5.74) is 0.644. The molecule has 0 aliphatic rings. The molecule has 1 aromatic rings. The summed E-state index contributed by atoms with van der Waals surface area (Å²) in [6.45, 7) is 0. The fourth-order valence-corrected chi connectivity index (χ4v) is 1.17. The van der Waals surface area contributed by atoms with E-state index in [2.05, 4.69) is 20.7 Å². The van der Waals surface area contributed by atoms with Gasteiger partial charge in [-0.3, -0.25) is 0 Å². The number of alkyl halides is 1. The number of halogens is 3. The van der Waals surface area contributed by atoms with E-state index in [4.69, 9.17) is 0 Å². The minimum atomic E-state index is -0.942. The van der Waals surface area contributed by atoms with Crippen LogP contribution in [0, 0.1) is 11.6 Å². The molecular formula is C8H7BrF2O. The quantitative estimate of drug-likeness (QED) is 0.718. The molecule has 0 amide bonds. The van der Waals surface area contributed by atoms with Gasteiger partial charge < -0.3 is 4.74 Å². The van der Waals surface area contributed by atoms with Gasteiger partial charge in [0.15, 0.2) is 11.6 Å². The number of benzene rings is 1. The van der Waals surface area contributed by atoms with Crippen LogP contribution in [0.5, 0.6) is 5.75 Å². The minimum absolute atomic E-state index is 0.0653. The lowest BCUT2D eigenvalue weighted by atomic mass is 10.2. The summed E-state index contributed by atoms with van der Waals surface area (Å²) >= 11 is 3.13. The van der Waals surface area contributed by atoms with Crippen molar-refractivity contribution in [3.05, 3.63) is 29.3 Å². The van der Waals surface area contributed by atoms with Crippen molar-refractivity contribution in [1.29, 1.82) is 0 Å². The van der Waals surface area contributed by atoms with Crippen molar-refractivity contribution >= 4 is 15.9 Å². The van der Waals surface area contributed by atoms with E-state index in [0.717, 1.165) is 6.07 Å². The second-order valence-corrected chi connectivity index (χ2v) is 2.79. The molecule has 0 unspecified atom stereocenters. The Morgan fingerprint density at radius 1 is 1.42 bits per heavy atom. The third-order valence-corrected chi connectivity index (χ3v) is 2.08. The fraction of sp³-hybridized carbons (Fsp3) is 0.250. The summed E-state index contributed by atoms with van der Waals surface area (Å²) < 4.78 is 30.2. The van der Waals surface area contributed by atoms with Crippen LogP contribution in [0.2, 0.25) is 0 Å². The summed E-state index contributed by atoms with van der Waals surface area (Å²) in [4.78, 5) is 0. The van der Waals surface area contributed by atoms with Crippen molar-refractivity contribution in [2.45, 2.75) is 5.33 Å². The van der Waals surface area contributed by atoms with Crippen LogP contribution in [0.1, 0.15) is 5.56 Å². The lowest BCUT2D eigenvalue weighted by Gasteiger charge is -2.04. The SMILES string of the molecule is COc1cc(CBr)cc(F)c1F. The van der Waals surface area contributed by atoms with Crippen molar-refractivity contribution in [2.24, 2.45) is 0 Å². The van der Waals surface area contributed by atoms with Crippen LogP contribution in [0.4, 0.5) is 8.78 Å². The van der Waals surface area contributed by atoms with Gasteiger partial charge in [-0.25, -0.2) is 4.39 Å². The zero-order valence-corrected chi connectivity index (χ0v) is 7.99. The lowest BCUT2D eigenvalue weighted by Crippen LogP contribution is -1.93. The first-order valence-electron chi connectivity index (χ1n) is 3.27. The predicted molar refractivity (Wildman–Crippen MR) is 45.5 cm³/mol. The predicted octanol–water partition coefficient (Wildman–Crippen LogP) is 2.87. The molecule has 0 fully saturated rings. The normalized spacial score (nSPS) is 10.0. The van der Waals surface area contributed by atoms with Crippen molar-refractivity contribution < 1.29 is 13.5 Å². The Morgan fingerprint density at radius 3 is 2.58 bits per heavy atom. The van der Waals surface area contributed by atoms with Crippen molar-refractivity contribution in [2.75, 3.05) is 7.11 Å². The highest BCUT2D eigenvalue weighted by atomic mass is 79.9. The van der Waals surface area contributed by atoms with E-state index in [-0.39, 0.29) is 5.75 Å². The molecule has 66 valence electrons. The van der Waals surface area contributed by atoms with Gasteiger partial charge in [0, 0.05) is 5.33 Å². The van der Waals surface area contributed by atoms with E-state index in [1.165, 1.54) is 13.2 Å². The molecule has 0 saturated heterocycles. The van der Waals surface area contributed by atoms with Crippen LogP contribution in [-0.2, 0) is 5.33 Å². The van der Waals surface area contributed by atoms with Gasteiger partial charge in [0.05, 0.1) is 7.11 Å². The molecule has 0 atom stereocenters. The van der Waals surface area contributed by atoms with Crippen LogP contribution in [0.15, 0.2) is 12.1 Å². The molecule has 0 saturated carbocycles. The van der Waals surface area contributed by atoms with E-state index in [1.54, 1.807) is 0 Å². The first-order chi connectivity index (χ1) is 5.69. The first kappa shape index (κ1) is 9.45. The molecule has 4 heteroatoms. The van der Waals surface area contributed by atoms with Crippen LogP contribution in [0.25, 0.3) is 0 Å². The maximum absolute atomic E-state index is 12.8. The number of ether oxygens (including phenoxy) is 1. The third kappa shape index (κ3) is 1.75. The van der Waals surface area contributed by atoms with Gasteiger partial charge >= 0.3 is 0 Å². The highest BCUT2D eigenvalue weighted by Gasteiger charge is 2.09. The average molecular weight is 237 g/mol. The molecule has 12 heavy (non-hydrogen) atoms. The largest absolute Gasteiger partial charge is 0.494 e. The Balaban J connectivity index is 3.19. The first-order valence-corrected chi connectivity index (χ1v) is 4.39. The van der Waals surface area contributed by atoms with Gasteiger partial charge in [0.25, 0.3) is 0 Å². The summed E-state index contributed by atoms with van der Waals surface area (Å²) in [5.74, 6) is -1.89. The van der Waals surface area contributed by atoms with Crippen molar-refractivity contribution in [3.63, 3.8) is 0 Å². The molecule has 1 aromatic carbocycles. The number of hydrogen-bond acceptors (Lipinski definition) is 1. The van der Waals surface area contributed by atoms with E-state index in [9.17, 15) is 8.78 Å². The van der Waals surface area contributed by atoms with Crippen molar-refractivity contribution in [1.82, 2.24) is 0 Å². The van der Waals surface area contributed by atoms with Crippen LogP contribution in [0.3, 0.4) is 0 Å². The molecule has 1 rings (SSSR count). The maximum Gasteiger partial charge on any atom is 0.200 e. The number of hydrogen-bond donors (Lipinski definition) is 0. The summed E-state index contributed by atoms with van der Waals surface area (Å²) in [6.07, 6.45) is 0.